The van der Waals surface area contributed by atoms with E-state index in [9.17, 15) is 4.79 Å². The van der Waals surface area contributed by atoms with Crippen molar-refractivity contribution in [3.05, 3.63) is 35.9 Å². The van der Waals surface area contributed by atoms with Gasteiger partial charge in [0.1, 0.15) is 5.60 Å². The lowest BCUT2D eigenvalue weighted by molar-refractivity contribution is 0.0270. The van der Waals surface area contributed by atoms with Gasteiger partial charge in [-0.2, -0.15) is 0 Å². The number of alkyl carbamates (subject to hydrolysis) is 1. The van der Waals surface area contributed by atoms with Crippen LogP contribution in [0.3, 0.4) is 0 Å². The molecule has 0 saturated heterocycles. The van der Waals surface area contributed by atoms with Crippen LogP contribution in [0.1, 0.15) is 58.1 Å². The molecule has 4 heteroatoms. The molecular formula is C18H28N2O2. The Labute approximate surface area is 133 Å². The van der Waals surface area contributed by atoms with Crippen LogP contribution >= 0.6 is 0 Å². The molecule has 4 nitrogen and oxygen atoms in total. The van der Waals surface area contributed by atoms with Crippen LogP contribution in [0.4, 0.5) is 4.79 Å². The van der Waals surface area contributed by atoms with Crippen LogP contribution in [0.5, 0.6) is 0 Å². The predicted octanol–water partition coefficient (Wildman–Crippen LogP) is 3.77. The van der Waals surface area contributed by atoms with E-state index in [1.54, 1.807) is 0 Å². The molecule has 22 heavy (non-hydrogen) atoms. The van der Waals surface area contributed by atoms with E-state index in [0.29, 0.717) is 6.54 Å². The van der Waals surface area contributed by atoms with E-state index >= 15 is 0 Å². The Kier molecular flexibility index (Phi) is 5.12. The van der Waals surface area contributed by atoms with Crippen molar-refractivity contribution in [2.45, 2.75) is 58.1 Å². The maximum absolute atomic E-state index is 12.3. The van der Waals surface area contributed by atoms with E-state index in [1.165, 1.54) is 6.42 Å². The molecule has 0 spiro atoms. The van der Waals surface area contributed by atoms with Gasteiger partial charge in [0.15, 0.2) is 0 Å². The molecule has 1 aromatic carbocycles. The Morgan fingerprint density at radius 3 is 2.41 bits per heavy atom. The number of nitrogens with one attached hydrogen (secondary N) is 1. The quantitative estimate of drug-likeness (QED) is 0.870. The summed E-state index contributed by atoms with van der Waals surface area (Å²) in [5, 5.41) is 3.10. The van der Waals surface area contributed by atoms with E-state index < -0.39 is 5.60 Å². The average Bonchev–Trinajstić information content (AvgIpc) is 2.40. The average molecular weight is 304 g/mol. The van der Waals surface area contributed by atoms with Gasteiger partial charge >= 0.3 is 6.09 Å². The molecule has 0 bridgehead atoms. The number of nitrogens with two attached hydrogens (primary N) is 1. The van der Waals surface area contributed by atoms with Crippen molar-refractivity contribution >= 4 is 6.09 Å². The summed E-state index contributed by atoms with van der Waals surface area (Å²) in [6, 6.07) is 10.1. The Balaban J connectivity index is 2.21. The highest BCUT2D eigenvalue weighted by molar-refractivity contribution is 5.68. The van der Waals surface area contributed by atoms with Crippen molar-refractivity contribution in [1.82, 2.24) is 5.32 Å². The summed E-state index contributed by atoms with van der Waals surface area (Å²) in [6.45, 7) is 6.27. The van der Waals surface area contributed by atoms with Gasteiger partial charge in [0.25, 0.3) is 0 Å². The standard InChI is InChI=1S/C18H28N2O2/c1-17(2,3)22-16(21)20-15(14-8-5-4-6-9-14)18(12-13-19)10-7-11-18/h4-6,8-9,15H,7,10-13,19H2,1-3H3,(H,20,21). The zero-order chi connectivity index (χ0) is 16.2. The lowest BCUT2D eigenvalue weighted by Crippen LogP contribution is -2.47. The monoisotopic (exact) mass is 304 g/mol. The number of carbonyl (C=O) groups excluding carboxylic acids is 1. The molecule has 3 N–H and O–H groups in total. The van der Waals surface area contributed by atoms with Gasteiger partial charge in [-0.25, -0.2) is 4.79 Å². The molecule has 1 unspecified atom stereocenters. The molecule has 1 fully saturated rings. The molecular weight excluding hydrogens is 276 g/mol. The highest BCUT2D eigenvalue weighted by atomic mass is 16.6. The third kappa shape index (κ3) is 4.01. The summed E-state index contributed by atoms with van der Waals surface area (Å²) >= 11 is 0. The van der Waals surface area contributed by atoms with Crippen LogP contribution in [-0.2, 0) is 4.74 Å². The molecule has 1 aliphatic carbocycles. The second-order valence-electron chi connectivity index (χ2n) is 7.24. The van der Waals surface area contributed by atoms with E-state index in [2.05, 4.69) is 17.4 Å². The molecule has 2 rings (SSSR count). The normalized spacial score (nSPS) is 18.2. The molecule has 0 aliphatic heterocycles. The minimum atomic E-state index is -0.494. The molecule has 1 amide bonds. The molecule has 1 saturated carbocycles. The second kappa shape index (κ2) is 6.69. The van der Waals surface area contributed by atoms with Crippen LogP contribution in [0, 0.1) is 5.41 Å². The van der Waals surface area contributed by atoms with Crippen LogP contribution < -0.4 is 11.1 Å². The number of amides is 1. The zero-order valence-electron chi connectivity index (χ0n) is 13.9. The van der Waals surface area contributed by atoms with Crippen LogP contribution in [0.25, 0.3) is 0 Å². The van der Waals surface area contributed by atoms with E-state index in [4.69, 9.17) is 10.5 Å². The SMILES string of the molecule is CC(C)(C)OC(=O)NC(c1ccccc1)C1(CCN)CCC1. The number of rotatable bonds is 5. The summed E-state index contributed by atoms with van der Waals surface area (Å²) in [4.78, 5) is 12.3. The van der Waals surface area contributed by atoms with Gasteiger partial charge in [-0.15, -0.1) is 0 Å². The van der Waals surface area contributed by atoms with Gasteiger partial charge in [-0.3, -0.25) is 0 Å². The zero-order valence-corrected chi connectivity index (χ0v) is 13.9. The molecule has 1 atom stereocenters. The van der Waals surface area contributed by atoms with Crippen molar-refractivity contribution in [1.29, 1.82) is 0 Å². The topological polar surface area (TPSA) is 64.3 Å². The van der Waals surface area contributed by atoms with E-state index in [1.807, 2.05) is 39.0 Å². The van der Waals surface area contributed by atoms with E-state index in [0.717, 1.165) is 24.8 Å². The summed E-state index contributed by atoms with van der Waals surface area (Å²) in [5.41, 5.74) is 6.52. The Morgan fingerprint density at radius 1 is 1.32 bits per heavy atom. The first-order valence-electron chi connectivity index (χ1n) is 8.11. The number of carbonyl (C=O) groups is 1. The highest BCUT2D eigenvalue weighted by Crippen LogP contribution is 2.52. The van der Waals surface area contributed by atoms with Crippen molar-refractivity contribution in [3.8, 4) is 0 Å². The van der Waals surface area contributed by atoms with Gasteiger partial charge in [-0.1, -0.05) is 36.8 Å². The van der Waals surface area contributed by atoms with Crippen molar-refractivity contribution in [2.75, 3.05) is 6.54 Å². The number of hydrogen-bond donors (Lipinski definition) is 2. The second-order valence-corrected chi connectivity index (χ2v) is 7.24. The van der Waals surface area contributed by atoms with Gasteiger partial charge in [0, 0.05) is 0 Å². The molecule has 1 aromatic rings. The van der Waals surface area contributed by atoms with Gasteiger partial charge in [0.05, 0.1) is 6.04 Å². The number of hydrogen-bond acceptors (Lipinski definition) is 3. The first-order valence-corrected chi connectivity index (χ1v) is 8.11. The van der Waals surface area contributed by atoms with Gasteiger partial charge < -0.3 is 15.8 Å². The van der Waals surface area contributed by atoms with E-state index in [-0.39, 0.29) is 17.6 Å². The maximum atomic E-state index is 12.3. The molecule has 0 radical (unpaired) electrons. The molecule has 0 aromatic heterocycles. The Bertz CT molecular complexity index is 490. The summed E-state index contributed by atoms with van der Waals surface area (Å²) in [7, 11) is 0. The summed E-state index contributed by atoms with van der Waals surface area (Å²) < 4.78 is 5.45. The third-order valence-electron chi connectivity index (χ3n) is 4.40. The summed E-state index contributed by atoms with van der Waals surface area (Å²) in [5.74, 6) is 0. The Morgan fingerprint density at radius 2 is 1.95 bits per heavy atom. The number of benzene rings is 1. The fourth-order valence-electron chi connectivity index (χ4n) is 3.26. The van der Waals surface area contributed by atoms with Crippen LogP contribution in [0.15, 0.2) is 30.3 Å². The largest absolute Gasteiger partial charge is 0.444 e. The first kappa shape index (κ1) is 16.8. The Hall–Kier alpha value is -1.55. The van der Waals surface area contributed by atoms with Crippen molar-refractivity contribution in [2.24, 2.45) is 11.1 Å². The third-order valence-corrected chi connectivity index (χ3v) is 4.40. The highest BCUT2D eigenvalue weighted by Gasteiger charge is 2.45. The minimum Gasteiger partial charge on any atom is -0.444 e. The fraction of sp³-hybridized carbons (Fsp3) is 0.611. The van der Waals surface area contributed by atoms with Crippen LogP contribution in [-0.4, -0.2) is 18.2 Å². The molecule has 0 heterocycles. The number of ether oxygens (including phenoxy) is 1. The predicted molar refractivity (Wildman–Crippen MR) is 88.5 cm³/mol. The summed E-state index contributed by atoms with van der Waals surface area (Å²) in [6.07, 6.45) is 3.95. The molecule has 1 aliphatic rings. The van der Waals surface area contributed by atoms with Crippen LogP contribution in [0.2, 0.25) is 0 Å². The fourth-order valence-corrected chi connectivity index (χ4v) is 3.26. The van der Waals surface area contributed by atoms with Gasteiger partial charge in [-0.05, 0) is 57.6 Å². The van der Waals surface area contributed by atoms with Gasteiger partial charge in [0.2, 0.25) is 0 Å². The van der Waals surface area contributed by atoms with Crippen molar-refractivity contribution in [3.63, 3.8) is 0 Å². The first-order chi connectivity index (χ1) is 10.4. The smallest absolute Gasteiger partial charge is 0.408 e. The maximum Gasteiger partial charge on any atom is 0.408 e. The lowest BCUT2D eigenvalue weighted by Gasteiger charge is -2.48. The van der Waals surface area contributed by atoms with Crippen molar-refractivity contribution < 1.29 is 9.53 Å². The minimum absolute atomic E-state index is 0.0409. The molecule has 122 valence electrons. The lowest BCUT2D eigenvalue weighted by atomic mass is 9.60.